The van der Waals surface area contributed by atoms with Crippen molar-refractivity contribution in [2.24, 2.45) is 0 Å². The van der Waals surface area contributed by atoms with Crippen molar-refractivity contribution < 1.29 is 13.5 Å². The van der Waals surface area contributed by atoms with E-state index in [2.05, 4.69) is 20.4 Å². The largest absolute Gasteiger partial charge is 0.485 e. The van der Waals surface area contributed by atoms with Crippen LogP contribution in [-0.2, 0) is 11.3 Å². The van der Waals surface area contributed by atoms with Crippen molar-refractivity contribution in [3.8, 4) is 5.69 Å². The zero-order valence-corrected chi connectivity index (χ0v) is 15.4. The Morgan fingerprint density at radius 3 is 2.66 bits per heavy atom. The van der Waals surface area contributed by atoms with E-state index in [4.69, 9.17) is 4.74 Å². The van der Waals surface area contributed by atoms with Crippen molar-refractivity contribution in [1.29, 1.82) is 0 Å². The van der Waals surface area contributed by atoms with Gasteiger partial charge in [0, 0.05) is 11.6 Å². The molecule has 0 saturated carbocycles. The molecule has 9 heteroatoms. The van der Waals surface area contributed by atoms with Gasteiger partial charge < -0.3 is 4.74 Å². The first-order valence-corrected chi connectivity index (χ1v) is 8.72. The molecule has 29 heavy (non-hydrogen) atoms. The van der Waals surface area contributed by atoms with E-state index in [0.717, 1.165) is 23.4 Å². The van der Waals surface area contributed by atoms with Gasteiger partial charge in [-0.3, -0.25) is 0 Å². The minimum atomic E-state index is -0.728. The Morgan fingerprint density at radius 2 is 1.93 bits per heavy atom. The number of benzene rings is 2. The van der Waals surface area contributed by atoms with E-state index in [1.807, 2.05) is 37.3 Å². The van der Waals surface area contributed by atoms with Crippen molar-refractivity contribution in [3.05, 3.63) is 90.3 Å². The molecular formula is C20H16F2N6O. The lowest BCUT2D eigenvalue weighted by molar-refractivity contribution is 0.259. The summed E-state index contributed by atoms with van der Waals surface area (Å²) in [4.78, 5) is 3.96. The number of halogens is 2. The third-order valence-electron chi connectivity index (χ3n) is 4.19. The van der Waals surface area contributed by atoms with Crippen LogP contribution in [0.1, 0.15) is 18.2 Å². The molecule has 0 N–H and O–H groups in total. The Labute approximate surface area is 164 Å². The summed E-state index contributed by atoms with van der Waals surface area (Å²) in [6, 6.07) is 12.8. The van der Waals surface area contributed by atoms with E-state index in [0.29, 0.717) is 11.5 Å². The van der Waals surface area contributed by atoms with Gasteiger partial charge in [-0.2, -0.15) is 5.10 Å². The van der Waals surface area contributed by atoms with Gasteiger partial charge in [0.15, 0.2) is 5.82 Å². The highest BCUT2D eigenvalue weighted by Gasteiger charge is 2.13. The second-order valence-electron chi connectivity index (χ2n) is 6.16. The zero-order valence-electron chi connectivity index (χ0n) is 15.4. The zero-order chi connectivity index (χ0) is 20.2. The van der Waals surface area contributed by atoms with Crippen LogP contribution >= 0.6 is 0 Å². The molecule has 146 valence electrons. The van der Waals surface area contributed by atoms with Crippen LogP contribution in [0.25, 0.3) is 17.1 Å². The van der Waals surface area contributed by atoms with E-state index in [-0.39, 0.29) is 12.3 Å². The van der Waals surface area contributed by atoms with E-state index in [1.165, 1.54) is 23.3 Å². The molecule has 0 unspecified atom stereocenters. The van der Waals surface area contributed by atoms with Crippen molar-refractivity contribution in [2.45, 2.75) is 13.5 Å². The minimum Gasteiger partial charge on any atom is -0.485 e. The number of allylic oxidation sites excluding steroid dienone is 1. The molecule has 0 fully saturated rings. The van der Waals surface area contributed by atoms with Crippen LogP contribution in [0.2, 0.25) is 0 Å². The molecule has 0 radical (unpaired) electrons. The van der Waals surface area contributed by atoms with Crippen LogP contribution in [0.4, 0.5) is 8.78 Å². The Bertz CT molecular complexity index is 1140. The predicted octanol–water partition coefficient (Wildman–Crippen LogP) is 3.70. The van der Waals surface area contributed by atoms with Gasteiger partial charge in [-0.1, -0.05) is 35.5 Å². The summed E-state index contributed by atoms with van der Waals surface area (Å²) in [5, 5.41) is 12.1. The number of aromatic nitrogens is 6. The summed E-state index contributed by atoms with van der Waals surface area (Å²) in [7, 11) is 0. The summed E-state index contributed by atoms with van der Waals surface area (Å²) in [6.45, 7) is 1.96. The fraction of sp³-hybridized carbons (Fsp3) is 0.100. The normalized spacial score (nSPS) is 12.0. The first kappa shape index (κ1) is 18.5. The van der Waals surface area contributed by atoms with E-state index in [1.54, 1.807) is 11.0 Å². The molecule has 4 aromatic rings. The van der Waals surface area contributed by atoms with Crippen LogP contribution in [0.15, 0.2) is 67.4 Å². The third kappa shape index (κ3) is 4.03. The second kappa shape index (κ2) is 8.01. The molecule has 2 heterocycles. The van der Waals surface area contributed by atoms with Gasteiger partial charge in [-0.05, 0) is 19.1 Å². The first-order valence-electron chi connectivity index (χ1n) is 8.72. The molecule has 2 aromatic heterocycles. The van der Waals surface area contributed by atoms with E-state index < -0.39 is 11.6 Å². The maximum atomic E-state index is 14.0. The number of rotatable bonds is 6. The number of nitrogens with zero attached hydrogens (tertiary/aromatic N) is 6. The molecule has 0 aliphatic carbocycles. The average molecular weight is 394 g/mol. The summed E-state index contributed by atoms with van der Waals surface area (Å²) in [6.07, 6.45) is 4.55. The molecule has 0 bridgehead atoms. The average Bonchev–Trinajstić information content (AvgIpc) is 3.41. The Balaban J connectivity index is 1.59. The van der Waals surface area contributed by atoms with Gasteiger partial charge in [0.1, 0.15) is 42.2 Å². The van der Waals surface area contributed by atoms with E-state index in [9.17, 15) is 8.78 Å². The second-order valence-corrected chi connectivity index (χ2v) is 6.16. The molecule has 0 atom stereocenters. The highest BCUT2D eigenvalue weighted by Crippen LogP contribution is 2.24. The van der Waals surface area contributed by atoms with Gasteiger partial charge in [0.25, 0.3) is 0 Å². The fourth-order valence-corrected chi connectivity index (χ4v) is 2.77. The Hall–Kier alpha value is -3.88. The van der Waals surface area contributed by atoms with Crippen molar-refractivity contribution in [2.75, 3.05) is 0 Å². The molecule has 0 aliphatic heterocycles. The smallest absolute Gasteiger partial charge is 0.151 e. The lowest BCUT2D eigenvalue weighted by Gasteiger charge is -2.13. The molecule has 0 amide bonds. The van der Waals surface area contributed by atoms with E-state index >= 15 is 0 Å². The van der Waals surface area contributed by atoms with Gasteiger partial charge in [0.2, 0.25) is 0 Å². The first-order chi connectivity index (χ1) is 14.1. The van der Waals surface area contributed by atoms with Crippen molar-refractivity contribution in [3.63, 3.8) is 0 Å². The summed E-state index contributed by atoms with van der Waals surface area (Å²) in [5.41, 5.74) is 2.18. The Morgan fingerprint density at radius 1 is 1.10 bits per heavy atom. The number of hydrogen-bond acceptors (Lipinski definition) is 5. The highest BCUT2D eigenvalue weighted by atomic mass is 19.1. The predicted molar refractivity (Wildman–Crippen MR) is 101 cm³/mol. The van der Waals surface area contributed by atoms with Crippen molar-refractivity contribution in [1.82, 2.24) is 29.8 Å². The van der Waals surface area contributed by atoms with Gasteiger partial charge in [-0.25, -0.2) is 23.1 Å². The molecule has 7 nitrogen and oxygen atoms in total. The summed E-state index contributed by atoms with van der Waals surface area (Å²) < 4.78 is 35.9. The lowest BCUT2D eigenvalue weighted by Crippen LogP contribution is -2.02. The quantitative estimate of drug-likeness (QED) is 0.467. The SMILES string of the molecule is C/C(=C(/OCc1cn(-c2ccc(F)cc2F)nn1)c1ccccc1)n1cncn1. The van der Waals surface area contributed by atoms with Crippen molar-refractivity contribution >= 4 is 11.5 Å². The molecular weight excluding hydrogens is 378 g/mol. The summed E-state index contributed by atoms with van der Waals surface area (Å²) >= 11 is 0. The maximum Gasteiger partial charge on any atom is 0.151 e. The lowest BCUT2D eigenvalue weighted by atomic mass is 10.1. The number of hydrogen-bond donors (Lipinski definition) is 0. The van der Waals surface area contributed by atoms with Gasteiger partial charge in [-0.15, -0.1) is 5.10 Å². The maximum absolute atomic E-state index is 14.0. The molecule has 0 aliphatic rings. The Kier molecular flexibility index (Phi) is 5.10. The van der Waals surface area contributed by atoms with Crippen LogP contribution in [-0.4, -0.2) is 29.8 Å². The van der Waals surface area contributed by atoms with Crippen LogP contribution in [0, 0.1) is 11.6 Å². The topological polar surface area (TPSA) is 70.7 Å². The fourth-order valence-electron chi connectivity index (χ4n) is 2.77. The standard InChI is InChI=1S/C20H16F2N6O/c1-14(28-13-23-12-24-28)20(15-5-3-2-4-6-15)29-11-17-10-27(26-25-17)19-8-7-16(21)9-18(19)22/h2-10,12-13H,11H2,1H3/b20-14-. The van der Waals surface area contributed by atoms with Gasteiger partial charge in [0.05, 0.1) is 11.9 Å². The van der Waals surface area contributed by atoms with Gasteiger partial charge >= 0.3 is 0 Å². The van der Waals surface area contributed by atoms with Crippen LogP contribution < -0.4 is 0 Å². The number of ether oxygens (including phenoxy) is 1. The monoisotopic (exact) mass is 394 g/mol. The molecule has 4 rings (SSSR count). The third-order valence-corrected chi connectivity index (χ3v) is 4.19. The molecule has 0 saturated heterocycles. The summed E-state index contributed by atoms with van der Waals surface area (Å²) in [5.74, 6) is -0.788. The molecule has 0 spiro atoms. The van der Waals surface area contributed by atoms with Crippen LogP contribution in [0.5, 0.6) is 0 Å². The highest BCUT2D eigenvalue weighted by molar-refractivity contribution is 5.77. The van der Waals surface area contributed by atoms with Crippen LogP contribution in [0.3, 0.4) is 0 Å². The minimum absolute atomic E-state index is 0.0963. The molecule has 2 aromatic carbocycles.